The molecular weight excluding hydrogens is 335 g/mol. The van der Waals surface area contributed by atoms with Gasteiger partial charge in [0.2, 0.25) is 0 Å². The lowest BCUT2D eigenvalue weighted by Gasteiger charge is -1.99. The van der Waals surface area contributed by atoms with Crippen molar-refractivity contribution in [3.8, 4) is 10.9 Å². The zero-order valence-corrected chi connectivity index (χ0v) is 11.4. The molecule has 1 heterocycles. The summed E-state index contributed by atoms with van der Waals surface area (Å²) in [6.45, 7) is 0. The van der Waals surface area contributed by atoms with Crippen molar-refractivity contribution in [1.29, 1.82) is 0 Å². The van der Waals surface area contributed by atoms with E-state index in [1.54, 1.807) is 0 Å². The zero-order chi connectivity index (χ0) is 11.0. The van der Waals surface area contributed by atoms with Gasteiger partial charge in [-0.15, -0.1) is 0 Å². The van der Waals surface area contributed by atoms with Crippen LogP contribution in [0.2, 0.25) is 0 Å². The third-order valence-corrected chi connectivity index (χ3v) is 3.71. The molecule has 1 fully saturated rings. The second-order valence-electron chi connectivity index (χ2n) is 3.75. The average molecular weight is 344 g/mol. The number of rotatable bonds is 3. The van der Waals surface area contributed by atoms with E-state index in [1.165, 1.54) is 27.9 Å². The Labute approximate surface area is 111 Å². The fraction of sp³-hybridized carbons (Fsp3) is 0.273. The van der Waals surface area contributed by atoms with Crippen molar-refractivity contribution in [3.05, 3.63) is 33.7 Å². The Morgan fingerprint density at radius 2 is 2.00 bits per heavy atom. The fourth-order valence-electron chi connectivity index (χ4n) is 1.37. The Balaban J connectivity index is 1.75. The van der Waals surface area contributed by atoms with Gasteiger partial charge in [-0.25, -0.2) is 0 Å². The Morgan fingerprint density at radius 1 is 1.25 bits per heavy atom. The molecule has 0 atom stereocenters. The molecule has 0 saturated heterocycles. The van der Waals surface area contributed by atoms with E-state index in [9.17, 15) is 0 Å². The Kier molecular flexibility index (Phi) is 2.81. The molecule has 1 aliphatic rings. The maximum absolute atomic E-state index is 5.63. The molecule has 3 rings (SSSR count). The van der Waals surface area contributed by atoms with Crippen molar-refractivity contribution < 1.29 is 4.74 Å². The molecule has 0 radical (unpaired) electrons. The normalized spacial score (nSPS) is 15.1. The second kappa shape index (κ2) is 4.29. The first-order chi connectivity index (χ1) is 7.81. The van der Waals surface area contributed by atoms with Crippen molar-refractivity contribution in [2.24, 2.45) is 0 Å². The molecule has 0 spiro atoms. The number of benzene rings is 1. The molecule has 82 valence electrons. The Morgan fingerprint density at radius 3 is 2.69 bits per heavy atom. The second-order valence-corrected chi connectivity index (χ2v) is 5.71. The molecule has 0 aliphatic heterocycles. The number of hydrogen-bond acceptors (Lipinski definition) is 4. The zero-order valence-electron chi connectivity index (χ0n) is 8.39. The van der Waals surface area contributed by atoms with Gasteiger partial charge in [-0.1, -0.05) is 0 Å². The highest BCUT2D eigenvalue weighted by Crippen LogP contribution is 2.40. The summed E-state index contributed by atoms with van der Waals surface area (Å²) in [5.74, 6) is 2.36. The minimum atomic E-state index is 0.588. The summed E-state index contributed by atoms with van der Waals surface area (Å²) in [6.07, 6.45) is 2.44. The van der Waals surface area contributed by atoms with Gasteiger partial charge in [0.15, 0.2) is 0 Å². The van der Waals surface area contributed by atoms with Gasteiger partial charge < -0.3 is 4.74 Å². The van der Waals surface area contributed by atoms with Gasteiger partial charge in [-0.05, 0) is 59.7 Å². The molecule has 3 nitrogen and oxygen atoms in total. The van der Waals surface area contributed by atoms with Gasteiger partial charge in [-0.2, -0.15) is 9.36 Å². The van der Waals surface area contributed by atoms with Gasteiger partial charge >= 0.3 is 0 Å². The number of nitrogens with zero attached hydrogens (tertiary/aromatic N) is 2. The van der Waals surface area contributed by atoms with Crippen LogP contribution in [-0.2, 0) is 0 Å². The van der Waals surface area contributed by atoms with Gasteiger partial charge in [0, 0.05) is 21.0 Å². The van der Waals surface area contributed by atoms with Crippen molar-refractivity contribution in [2.75, 3.05) is 0 Å². The molecule has 2 aromatic rings. The van der Waals surface area contributed by atoms with Crippen LogP contribution in [0.4, 0.5) is 0 Å². The molecule has 1 aliphatic carbocycles. The summed E-state index contributed by atoms with van der Waals surface area (Å²) in [4.78, 5) is 4.37. The van der Waals surface area contributed by atoms with E-state index in [0.29, 0.717) is 11.1 Å². The molecule has 16 heavy (non-hydrogen) atoms. The highest BCUT2D eigenvalue weighted by atomic mass is 127. The van der Waals surface area contributed by atoms with Crippen LogP contribution in [0, 0.1) is 3.57 Å². The lowest BCUT2D eigenvalue weighted by Crippen LogP contribution is -1.85. The first-order valence-corrected chi connectivity index (χ1v) is 6.93. The molecule has 0 unspecified atom stereocenters. The number of hydrogen-bond donors (Lipinski definition) is 0. The summed E-state index contributed by atoms with van der Waals surface area (Å²) in [6, 6.07) is 7.91. The summed E-state index contributed by atoms with van der Waals surface area (Å²) in [7, 11) is 0. The maximum atomic E-state index is 5.63. The van der Waals surface area contributed by atoms with Crippen LogP contribution < -0.4 is 4.74 Å². The minimum Gasteiger partial charge on any atom is -0.430 e. The van der Waals surface area contributed by atoms with Crippen molar-refractivity contribution in [3.63, 3.8) is 0 Å². The van der Waals surface area contributed by atoms with Crippen LogP contribution in [0.25, 0.3) is 0 Å². The first-order valence-electron chi connectivity index (χ1n) is 5.08. The summed E-state index contributed by atoms with van der Waals surface area (Å²) < 4.78 is 11.1. The average Bonchev–Trinajstić information content (AvgIpc) is 3.04. The minimum absolute atomic E-state index is 0.588. The van der Waals surface area contributed by atoms with Crippen LogP contribution in [0.5, 0.6) is 10.9 Å². The van der Waals surface area contributed by atoms with Crippen LogP contribution in [0.3, 0.4) is 0 Å². The predicted octanol–water partition coefficient (Wildman–Crippen LogP) is 3.81. The van der Waals surface area contributed by atoms with E-state index in [1.807, 2.05) is 24.3 Å². The van der Waals surface area contributed by atoms with E-state index in [4.69, 9.17) is 4.74 Å². The van der Waals surface area contributed by atoms with Crippen molar-refractivity contribution in [1.82, 2.24) is 9.36 Å². The maximum Gasteiger partial charge on any atom is 0.298 e. The van der Waals surface area contributed by atoms with E-state index in [2.05, 4.69) is 31.9 Å². The molecule has 1 aromatic heterocycles. The van der Waals surface area contributed by atoms with Gasteiger partial charge in [-0.3, -0.25) is 0 Å². The van der Waals surface area contributed by atoms with Gasteiger partial charge in [0.1, 0.15) is 11.6 Å². The van der Waals surface area contributed by atoms with E-state index >= 15 is 0 Å². The highest BCUT2D eigenvalue weighted by molar-refractivity contribution is 14.1. The molecule has 0 N–H and O–H groups in total. The van der Waals surface area contributed by atoms with Gasteiger partial charge in [0.25, 0.3) is 5.19 Å². The summed E-state index contributed by atoms with van der Waals surface area (Å²) in [5.41, 5.74) is 0. The largest absolute Gasteiger partial charge is 0.430 e. The van der Waals surface area contributed by atoms with Crippen LogP contribution >= 0.6 is 34.1 Å². The van der Waals surface area contributed by atoms with Crippen LogP contribution in [-0.4, -0.2) is 9.36 Å². The quantitative estimate of drug-likeness (QED) is 0.795. The lowest BCUT2D eigenvalue weighted by atomic mass is 10.3. The summed E-state index contributed by atoms with van der Waals surface area (Å²) in [5, 5.41) is 0.642. The number of halogens is 1. The molecule has 1 saturated carbocycles. The SMILES string of the molecule is Ic1ccc(Oc2nc(C3CC3)ns2)cc1. The van der Waals surface area contributed by atoms with Crippen LogP contribution in [0.15, 0.2) is 24.3 Å². The molecular formula is C11H9IN2OS. The third-order valence-electron chi connectivity index (χ3n) is 2.38. The molecule has 5 heteroatoms. The first kappa shape index (κ1) is 10.5. The topological polar surface area (TPSA) is 35.0 Å². The smallest absolute Gasteiger partial charge is 0.298 e. The van der Waals surface area contributed by atoms with E-state index in [-0.39, 0.29) is 0 Å². The fourth-order valence-corrected chi connectivity index (χ4v) is 2.36. The van der Waals surface area contributed by atoms with Crippen LogP contribution in [0.1, 0.15) is 24.6 Å². The highest BCUT2D eigenvalue weighted by Gasteiger charge is 2.28. The van der Waals surface area contributed by atoms with E-state index in [0.717, 1.165) is 11.6 Å². The Bertz CT molecular complexity index is 493. The molecule has 0 bridgehead atoms. The van der Waals surface area contributed by atoms with Crippen molar-refractivity contribution >= 4 is 34.1 Å². The van der Waals surface area contributed by atoms with E-state index < -0.39 is 0 Å². The summed E-state index contributed by atoms with van der Waals surface area (Å²) >= 11 is 3.60. The molecule has 0 amide bonds. The number of ether oxygens (including phenoxy) is 1. The predicted molar refractivity (Wildman–Crippen MR) is 71.1 cm³/mol. The lowest BCUT2D eigenvalue weighted by molar-refractivity contribution is 0.477. The third kappa shape index (κ3) is 2.35. The Hall–Kier alpha value is -0.690. The molecule has 1 aromatic carbocycles. The monoisotopic (exact) mass is 344 g/mol. The van der Waals surface area contributed by atoms with Gasteiger partial charge in [0.05, 0.1) is 0 Å². The standard InChI is InChI=1S/C11H9IN2OS/c12-8-3-5-9(6-4-8)15-11-13-10(14-16-11)7-1-2-7/h3-7H,1-2H2. The number of aromatic nitrogens is 2. The van der Waals surface area contributed by atoms with Crippen molar-refractivity contribution in [2.45, 2.75) is 18.8 Å².